The number of urea groups is 1. The van der Waals surface area contributed by atoms with E-state index in [2.05, 4.69) is 42.3 Å². The molecular weight excluding hydrogens is 290 g/mol. The van der Waals surface area contributed by atoms with Crippen molar-refractivity contribution in [2.75, 3.05) is 38.5 Å². The van der Waals surface area contributed by atoms with Crippen LogP contribution in [-0.2, 0) is 6.54 Å². The van der Waals surface area contributed by atoms with Crippen LogP contribution in [0, 0.1) is 11.3 Å². The first-order valence-electron chi connectivity index (χ1n) is 8.81. The van der Waals surface area contributed by atoms with Gasteiger partial charge in [-0.1, -0.05) is 6.92 Å². The van der Waals surface area contributed by atoms with Gasteiger partial charge < -0.3 is 9.80 Å². The summed E-state index contributed by atoms with van der Waals surface area (Å²) in [7, 11) is 2.17. The Hall–Kier alpha value is -1.56. The van der Waals surface area contributed by atoms with Crippen LogP contribution >= 0.6 is 0 Å². The average molecular weight is 317 g/mol. The van der Waals surface area contributed by atoms with Gasteiger partial charge in [0.25, 0.3) is 0 Å². The predicted octanol–water partition coefficient (Wildman–Crippen LogP) is 2.20. The fourth-order valence-electron chi connectivity index (χ4n) is 4.43. The van der Waals surface area contributed by atoms with Crippen molar-refractivity contribution in [1.82, 2.24) is 19.6 Å². The van der Waals surface area contributed by atoms with Crippen molar-refractivity contribution in [2.24, 2.45) is 11.3 Å². The molecule has 126 valence electrons. The summed E-state index contributed by atoms with van der Waals surface area (Å²) in [4.78, 5) is 17.0. The van der Waals surface area contributed by atoms with Gasteiger partial charge in [0.1, 0.15) is 0 Å². The molecule has 0 radical (unpaired) electrons. The van der Waals surface area contributed by atoms with Crippen LogP contribution in [0.5, 0.6) is 0 Å². The van der Waals surface area contributed by atoms with Gasteiger partial charge in [-0.05, 0) is 32.7 Å². The Bertz CT molecular complexity index is 622. The smallest absolute Gasteiger partial charge is 0.323 e. The van der Waals surface area contributed by atoms with Crippen molar-refractivity contribution in [1.29, 1.82) is 0 Å². The highest BCUT2D eigenvalue weighted by molar-refractivity contribution is 5.88. The molecule has 1 aromatic heterocycles. The van der Waals surface area contributed by atoms with Crippen molar-refractivity contribution in [3.05, 3.63) is 11.8 Å². The molecule has 2 aliphatic heterocycles. The molecule has 3 heterocycles. The summed E-state index contributed by atoms with van der Waals surface area (Å²) in [5, 5.41) is 7.57. The van der Waals surface area contributed by atoms with E-state index in [-0.39, 0.29) is 11.4 Å². The van der Waals surface area contributed by atoms with Gasteiger partial charge in [0.2, 0.25) is 0 Å². The molecule has 6 nitrogen and oxygen atoms in total. The van der Waals surface area contributed by atoms with Crippen LogP contribution in [0.1, 0.15) is 38.3 Å². The Morgan fingerprint density at radius 3 is 2.83 bits per heavy atom. The van der Waals surface area contributed by atoms with Crippen LogP contribution in [0.4, 0.5) is 10.6 Å². The van der Waals surface area contributed by atoms with Gasteiger partial charge in [-0.2, -0.15) is 5.10 Å². The zero-order valence-electron chi connectivity index (χ0n) is 14.4. The van der Waals surface area contributed by atoms with Crippen LogP contribution in [-0.4, -0.2) is 58.8 Å². The largest absolute Gasteiger partial charge is 0.324 e. The van der Waals surface area contributed by atoms with E-state index in [1.807, 2.05) is 9.58 Å². The van der Waals surface area contributed by atoms with Crippen molar-refractivity contribution in [2.45, 2.75) is 39.2 Å². The lowest BCUT2D eigenvalue weighted by Crippen LogP contribution is -2.37. The summed E-state index contributed by atoms with van der Waals surface area (Å²) < 4.78 is 2.03. The van der Waals surface area contributed by atoms with E-state index in [1.54, 1.807) is 0 Å². The molecule has 0 bridgehead atoms. The number of carbonyl (C=O) groups excluding carboxylic acids is 1. The zero-order valence-corrected chi connectivity index (χ0v) is 14.4. The minimum Gasteiger partial charge on any atom is -0.324 e. The number of nitrogens with zero attached hydrogens (tertiary/aromatic N) is 4. The lowest BCUT2D eigenvalue weighted by molar-refractivity contribution is 0.208. The number of amides is 2. The third kappa shape index (κ3) is 2.63. The Morgan fingerprint density at radius 2 is 2.17 bits per heavy atom. The molecule has 2 saturated heterocycles. The lowest BCUT2D eigenvalue weighted by Gasteiger charge is -2.23. The van der Waals surface area contributed by atoms with Crippen LogP contribution in [0.25, 0.3) is 0 Å². The number of hydrogen-bond donors (Lipinski definition) is 1. The van der Waals surface area contributed by atoms with E-state index in [1.165, 1.54) is 18.5 Å². The zero-order chi connectivity index (χ0) is 16.2. The molecule has 6 heteroatoms. The van der Waals surface area contributed by atoms with Crippen molar-refractivity contribution in [3.8, 4) is 0 Å². The van der Waals surface area contributed by atoms with Crippen LogP contribution in [0.15, 0.2) is 6.07 Å². The molecule has 0 spiro atoms. The average Bonchev–Trinajstić information content (AvgIpc) is 3.09. The van der Waals surface area contributed by atoms with Gasteiger partial charge in [0.15, 0.2) is 5.82 Å². The highest BCUT2D eigenvalue weighted by atomic mass is 16.2. The monoisotopic (exact) mass is 317 g/mol. The highest BCUT2D eigenvalue weighted by Gasteiger charge is 2.49. The number of nitrogens with one attached hydrogen (secondary N) is 1. The molecule has 1 aliphatic carbocycles. The molecule has 1 aromatic rings. The quantitative estimate of drug-likeness (QED) is 0.930. The van der Waals surface area contributed by atoms with E-state index in [0.29, 0.717) is 17.7 Å². The third-order valence-corrected chi connectivity index (χ3v) is 5.77. The number of anilines is 1. The van der Waals surface area contributed by atoms with Crippen molar-refractivity contribution >= 4 is 11.8 Å². The molecule has 3 aliphatic rings. The van der Waals surface area contributed by atoms with E-state index in [4.69, 9.17) is 0 Å². The SMILES string of the molecule is CCn1nc(NC(=O)N2C[C@@H]3CN(C)C[C@]3(C)C2)cc1C1CC1. The summed E-state index contributed by atoms with van der Waals surface area (Å²) in [6.45, 7) is 9.15. The molecule has 1 N–H and O–H groups in total. The lowest BCUT2D eigenvalue weighted by atomic mass is 9.83. The first-order valence-corrected chi connectivity index (χ1v) is 8.81. The highest BCUT2D eigenvalue weighted by Crippen LogP contribution is 2.42. The number of aromatic nitrogens is 2. The molecule has 0 aromatic carbocycles. The van der Waals surface area contributed by atoms with Crippen LogP contribution in [0.2, 0.25) is 0 Å². The summed E-state index contributed by atoms with van der Waals surface area (Å²) in [6, 6.07) is 2.07. The fraction of sp³-hybridized carbons (Fsp3) is 0.765. The number of aryl methyl sites for hydroxylation is 1. The van der Waals surface area contributed by atoms with Crippen molar-refractivity contribution in [3.63, 3.8) is 0 Å². The second kappa shape index (κ2) is 5.23. The molecular formula is C17H27N5O. The summed E-state index contributed by atoms with van der Waals surface area (Å²) in [6.07, 6.45) is 2.50. The number of fused-ring (bicyclic) bond motifs is 1. The summed E-state index contributed by atoms with van der Waals surface area (Å²) in [5.74, 6) is 1.94. The van der Waals surface area contributed by atoms with Gasteiger partial charge in [-0.15, -0.1) is 0 Å². The molecule has 4 rings (SSSR count). The Labute approximate surface area is 137 Å². The molecule has 23 heavy (non-hydrogen) atoms. The minimum absolute atomic E-state index is 0.00591. The number of likely N-dealkylation sites (tertiary alicyclic amines) is 2. The van der Waals surface area contributed by atoms with Gasteiger partial charge in [0.05, 0.1) is 0 Å². The number of rotatable bonds is 3. The maximum Gasteiger partial charge on any atom is 0.323 e. The fourth-order valence-corrected chi connectivity index (χ4v) is 4.43. The standard InChI is InChI=1S/C17H27N5O/c1-4-22-14(12-5-6-12)7-15(19-22)18-16(23)21-9-13-8-20(3)10-17(13,2)11-21/h7,12-13H,4-6,8-11H2,1-3H3,(H,18,19,23)/t13-,17+/m0/s1. The van der Waals surface area contributed by atoms with E-state index in [9.17, 15) is 4.79 Å². The van der Waals surface area contributed by atoms with Crippen molar-refractivity contribution < 1.29 is 4.79 Å². The van der Waals surface area contributed by atoms with Crippen LogP contribution in [0.3, 0.4) is 0 Å². The Morgan fingerprint density at radius 1 is 1.39 bits per heavy atom. The van der Waals surface area contributed by atoms with E-state index in [0.717, 1.165) is 32.7 Å². The number of carbonyl (C=O) groups is 1. The predicted molar refractivity (Wildman–Crippen MR) is 89.6 cm³/mol. The second-order valence-electron chi connectivity index (χ2n) is 7.90. The van der Waals surface area contributed by atoms with Gasteiger partial charge in [-0.25, -0.2) is 4.79 Å². The summed E-state index contributed by atoms with van der Waals surface area (Å²) >= 11 is 0. The van der Waals surface area contributed by atoms with Gasteiger partial charge >= 0.3 is 6.03 Å². The first kappa shape index (κ1) is 15.0. The summed E-state index contributed by atoms with van der Waals surface area (Å²) in [5.41, 5.74) is 1.52. The van der Waals surface area contributed by atoms with Gasteiger partial charge in [0, 0.05) is 55.8 Å². The second-order valence-corrected chi connectivity index (χ2v) is 7.90. The number of hydrogen-bond acceptors (Lipinski definition) is 3. The normalized spacial score (nSPS) is 30.7. The van der Waals surface area contributed by atoms with E-state index < -0.39 is 0 Å². The Kier molecular flexibility index (Phi) is 3.41. The first-order chi connectivity index (χ1) is 11.0. The minimum atomic E-state index is 0.00591. The Balaban J connectivity index is 1.43. The maximum atomic E-state index is 12.6. The molecule has 1 saturated carbocycles. The third-order valence-electron chi connectivity index (χ3n) is 5.77. The maximum absolute atomic E-state index is 12.6. The molecule has 2 atom stereocenters. The molecule has 2 amide bonds. The van der Waals surface area contributed by atoms with Gasteiger partial charge in [-0.3, -0.25) is 10.00 Å². The van der Waals surface area contributed by atoms with E-state index >= 15 is 0 Å². The topological polar surface area (TPSA) is 53.4 Å². The van der Waals surface area contributed by atoms with Crippen LogP contribution < -0.4 is 5.32 Å². The molecule has 3 fully saturated rings. The molecule has 0 unspecified atom stereocenters.